The number of nitrogen functional groups attached to an aromatic ring is 1. The van der Waals surface area contributed by atoms with Crippen molar-refractivity contribution in [2.24, 2.45) is 0 Å². The molecule has 0 aliphatic rings. The van der Waals surface area contributed by atoms with Crippen molar-refractivity contribution in [1.29, 1.82) is 0 Å². The molecule has 4 rings (SSSR count). The van der Waals surface area contributed by atoms with Crippen molar-refractivity contribution < 1.29 is 4.74 Å². The van der Waals surface area contributed by atoms with E-state index in [4.69, 9.17) is 27.1 Å². The molecule has 0 atom stereocenters. The van der Waals surface area contributed by atoms with Crippen molar-refractivity contribution in [2.75, 3.05) is 31.3 Å². The van der Waals surface area contributed by atoms with Crippen LogP contribution in [0.1, 0.15) is 5.56 Å². The number of benzene rings is 2. The monoisotopic (exact) mass is 408 g/mol. The number of hydrogen-bond donors (Lipinski definition) is 2. The lowest BCUT2D eigenvalue weighted by Crippen LogP contribution is -2.10. The highest BCUT2D eigenvalue weighted by atomic mass is 35.5. The fourth-order valence-corrected chi connectivity index (χ4v) is 3.31. The highest BCUT2D eigenvalue weighted by Crippen LogP contribution is 2.32. The molecular weight excluding hydrogens is 388 g/mol. The minimum absolute atomic E-state index is 0.467. The maximum atomic E-state index is 6.48. The number of rotatable bonds is 7. The summed E-state index contributed by atoms with van der Waals surface area (Å²) in [6, 6.07) is 17.5. The summed E-state index contributed by atoms with van der Waals surface area (Å²) in [5.41, 5.74) is 9.65. The van der Waals surface area contributed by atoms with E-state index in [1.165, 1.54) is 0 Å². The number of fused-ring (bicyclic) bond motifs is 1. The summed E-state index contributed by atoms with van der Waals surface area (Å²) in [6.45, 7) is 1.67. The lowest BCUT2D eigenvalue weighted by molar-refractivity contribution is 0.210. The van der Waals surface area contributed by atoms with Crippen molar-refractivity contribution in [3.63, 3.8) is 0 Å². The fraction of sp³-hybridized carbons (Fsp3) is 0.190. The summed E-state index contributed by atoms with van der Waals surface area (Å²) < 4.78 is 6.85. The summed E-state index contributed by atoms with van der Waals surface area (Å²) >= 11 is 6.21. The molecule has 3 N–H and O–H groups in total. The van der Waals surface area contributed by atoms with E-state index in [1.54, 1.807) is 11.8 Å². The normalized spacial score (nSPS) is 11.1. The van der Waals surface area contributed by atoms with Gasteiger partial charge in [-0.2, -0.15) is 4.98 Å². The van der Waals surface area contributed by atoms with Gasteiger partial charge in [0.15, 0.2) is 5.65 Å². The first-order valence-corrected chi connectivity index (χ1v) is 9.60. The molecule has 0 bridgehead atoms. The van der Waals surface area contributed by atoms with Crippen molar-refractivity contribution in [2.45, 2.75) is 6.54 Å². The lowest BCUT2D eigenvalue weighted by atomic mass is 10.1. The molecule has 0 unspecified atom stereocenters. The van der Waals surface area contributed by atoms with Crippen LogP contribution in [-0.2, 0) is 11.3 Å². The van der Waals surface area contributed by atoms with Gasteiger partial charge in [-0.15, -0.1) is 5.10 Å². The number of aromatic nitrogens is 4. The third-order valence-electron chi connectivity index (χ3n) is 4.50. The van der Waals surface area contributed by atoms with E-state index < -0.39 is 0 Å². The smallest absolute Gasteiger partial charge is 0.225 e. The van der Waals surface area contributed by atoms with Crippen LogP contribution in [0.3, 0.4) is 0 Å². The molecule has 2 aromatic heterocycles. The first-order chi connectivity index (χ1) is 14.2. The highest BCUT2D eigenvalue weighted by Gasteiger charge is 2.18. The van der Waals surface area contributed by atoms with Crippen LogP contribution in [0.4, 0.5) is 11.8 Å². The van der Waals surface area contributed by atoms with E-state index in [2.05, 4.69) is 15.4 Å². The Morgan fingerprint density at radius 2 is 1.93 bits per heavy atom. The molecule has 8 heteroatoms. The molecule has 0 saturated carbocycles. The Morgan fingerprint density at radius 3 is 2.69 bits per heavy atom. The number of hydrogen-bond acceptors (Lipinski definition) is 6. The Morgan fingerprint density at radius 1 is 1.10 bits per heavy atom. The standard InChI is InChI=1S/C21H21ClN6O/c1-29-11-10-24-21-25-18(15-8-5-9-16(22)12-15)17-19(23)28(27-20(17)26-21)13-14-6-3-2-4-7-14/h2-9,12H,10-11,13,23H2,1H3,(H,24,26,27). The van der Waals surface area contributed by atoms with Crippen LogP contribution in [0.2, 0.25) is 5.02 Å². The lowest BCUT2D eigenvalue weighted by Gasteiger charge is -2.08. The molecule has 0 saturated heterocycles. The molecule has 0 aliphatic heterocycles. The summed E-state index contributed by atoms with van der Waals surface area (Å²) in [5.74, 6) is 0.983. The van der Waals surface area contributed by atoms with Gasteiger partial charge in [-0.25, -0.2) is 9.67 Å². The van der Waals surface area contributed by atoms with Gasteiger partial charge in [0, 0.05) is 24.2 Å². The summed E-state index contributed by atoms with van der Waals surface area (Å²) in [7, 11) is 1.65. The Labute approximate surface area is 173 Å². The molecule has 4 aromatic rings. The zero-order valence-corrected chi connectivity index (χ0v) is 16.7. The van der Waals surface area contributed by atoms with Crippen LogP contribution < -0.4 is 11.1 Å². The van der Waals surface area contributed by atoms with Crippen LogP contribution in [-0.4, -0.2) is 40.0 Å². The van der Waals surface area contributed by atoms with Crippen LogP contribution >= 0.6 is 11.6 Å². The van der Waals surface area contributed by atoms with Gasteiger partial charge >= 0.3 is 0 Å². The second-order valence-corrected chi connectivity index (χ2v) is 6.99. The zero-order chi connectivity index (χ0) is 20.2. The van der Waals surface area contributed by atoms with E-state index in [0.717, 1.165) is 11.1 Å². The maximum Gasteiger partial charge on any atom is 0.225 e. The van der Waals surface area contributed by atoms with Crippen LogP contribution in [0, 0.1) is 0 Å². The van der Waals surface area contributed by atoms with Gasteiger partial charge in [-0.3, -0.25) is 0 Å². The van der Waals surface area contributed by atoms with Gasteiger partial charge in [0.2, 0.25) is 5.95 Å². The fourth-order valence-electron chi connectivity index (χ4n) is 3.12. The molecule has 0 radical (unpaired) electrons. The number of methoxy groups -OCH3 is 1. The van der Waals surface area contributed by atoms with Crippen LogP contribution in [0.25, 0.3) is 22.3 Å². The van der Waals surface area contributed by atoms with Gasteiger partial charge in [0.25, 0.3) is 0 Å². The summed E-state index contributed by atoms with van der Waals surface area (Å²) in [5, 5.41) is 9.14. The largest absolute Gasteiger partial charge is 0.383 e. The van der Waals surface area contributed by atoms with Gasteiger partial charge in [-0.1, -0.05) is 54.1 Å². The molecule has 0 amide bonds. The van der Waals surface area contributed by atoms with Gasteiger partial charge in [0.05, 0.1) is 24.2 Å². The second kappa shape index (κ2) is 8.46. The minimum atomic E-state index is 0.467. The van der Waals surface area contributed by atoms with E-state index in [-0.39, 0.29) is 0 Å². The third-order valence-corrected chi connectivity index (χ3v) is 4.74. The molecule has 0 fully saturated rings. The molecule has 2 heterocycles. The van der Waals surface area contributed by atoms with Crippen LogP contribution in [0.15, 0.2) is 54.6 Å². The van der Waals surface area contributed by atoms with Gasteiger partial charge in [-0.05, 0) is 17.7 Å². The predicted molar refractivity (Wildman–Crippen MR) is 116 cm³/mol. The molecule has 2 aromatic carbocycles. The number of ether oxygens (including phenoxy) is 1. The first-order valence-electron chi connectivity index (χ1n) is 9.22. The van der Waals surface area contributed by atoms with Crippen molar-refractivity contribution >= 4 is 34.4 Å². The molecule has 7 nitrogen and oxygen atoms in total. The molecule has 0 spiro atoms. The van der Waals surface area contributed by atoms with Crippen LogP contribution in [0.5, 0.6) is 0 Å². The van der Waals surface area contributed by atoms with E-state index in [9.17, 15) is 0 Å². The molecule has 148 valence electrons. The Balaban J connectivity index is 1.83. The molecule has 0 aliphatic carbocycles. The summed E-state index contributed by atoms with van der Waals surface area (Å²) in [6.07, 6.45) is 0. The zero-order valence-electron chi connectivity index (χ0n) is 16.0. The maximum absolute atomic E-state index is 6.48. The van der Waals surface area contributed by atoms with E-state index in [0.29, 0.717) is 53.2 Å². The van der Waals surface area contributed by atoms with Crippen molar-refractivity contribution in [3.05, 3.63) is 65.2 Å². The number of halogens is 1. The number of nitrogens with two attached hydrogens (primary N) is 1. The highest BCUT2D eigenvalue weighted by molar-refractivity contribution is 6.30. The second-order valence-electron chi connectivity index (χ2n) is 6.55. The minimum Gasteiger partial charge on any atom is -0.383 e. The average Bonchev–Trinajstić information content (AvgIpc) is 3.04. The quantitative estimate of drug-likeness (QED) is 0.451. The van der Waals surface area contributed by atoms with Gasteiger partial charge < -0.3 is 15.8 Å². The molecule has 29 heavy (non-hydrogen) atoms. The Hall–Kier alpha value is -3.16. The first kappa shape index (κ1) is 19.2. The van der Waals surface area contributed by atoms with Crippen molar-refractivity contribution in [1.82, 2.24) is 19.7 Å². The van der Waals surface area contributed by atoms with E-state index in [1.807, 2.05) is 54.6 Å². The SMILES string of the molecule is COCCNc1nc(-c2cccc(Cl)c2)c2c(N)n(Cc3ccccc3)nc2n1. The Kier molecular flexibility index (Phi) is 5.59. The van der Waals surface area contributed by atoms with E-state index >= 15 is 0 Å². The van der Waals surface area contributed by atoms with Crippen molar-refractivity contribution in [3.8, 4) is 11.3 Å². The summed E-state index contributed by atoms with van der Waals surface area (Å²) in [4.78, 5) is 9.25. The number of nitrogens with zero attached hydrogens (tertiary/aromatic N) is 4. The third kappa shape index (κ3) is 4.16. The number of nitrogens with one attached hydrogen (secondary N) is 1. The topological polar surface area (TPSA) is 90.9 Å². The van der Waals surface area contributed by atoms with Gasteiger partial charge in [0.1, 0.15) is 5.82 Å². The number of anilines is 2. The average molecular weight is 409 g/mol. The molecular formula is C21H21ClN6O. The predicted octanol–water partition coefficient (Wildman–Crippen LogP) is 3.84. The Bertz CT molecular complexity index is 1130.